The van der Waals surface area contributed by atoms with Gasteiger partial charge >= 0.3 is 0 Å². The van der Waals surface area contributed by atoms with Crippen molar-refractivity contribution < 1.29 is 14.3 Å². The van der Waals surface area contributed by atoms with Gasteiger partial charge in [-0.05, 0) is 57.2 Å². The van der Waals surface area contributed by atoms with Crippen molar-refractivity contribution in [2.75, 3.05) is 13.2 Å². The lowest BCUT2D eigenvalue weighted by molar-refractivity contribution is -0.123. The van der Waals surface area contributed by atoms with Crippen LogP contribution in [-0.4, -0.2) is 31.2 Å². The van der Waals surface area contributed by atoms with Crippen molar-refractivity contribution in [3.63, 3.8) is 0 Å². The number of benzene rings is 1. The van der Waals surface area contributed by atoms with E-state index in [4.69, 9.17) is 9.47 Å². The molecule has 1 aliphatic rings. The maximum Gasteiger partial charge on any atom is 0.239 e. The van der Waals surface area contributed by atoms with Crippen LogP contribution < -0.4 is 25.6 Å². The van der Waals surface area contributed by atoms with E-state index in [1.165, 1.54) is 0 Å². The van der Waals surface area contributed by atoms with Crippen LogP contribution in [-0.2, 0) is 4.79 Å². The van der Waals surface area contributed by atoms with Crippen molar-refractivity contribution in [3.05, 3.63) is 23.8 Å². The normalized spacial score (nSPS) is 20.8. The molecule has 1 fully saturated rings. The van der Waals surface area contributed by atoms with E-state index in [-0.39, 0.29) is 18.0 Å². The van der Waals surface area contributed by atoms with Crippen molar-refractivity contribution in [3.8, 4) is 11.5 Å². The van der Waals surface area contributed by atoms with Crippen LogP contribution in [0.1, 0.15) is 59.1 Å². The highest BCUT2D eigenvalue weighted by Gasteiger charge is 2.30. The molecule has 6 heteroatoms. The van der Waals surface area contributed by atoms with Gasteiger partial charge in [-0.25, -0.2) is 5.43 Å². The number of hydrogen-bond donors (Lipinski definition) is 3. The quantitative estimate of drug-likeness (QED) is 0.629. The number of hydrogen-bond acceptors (Lipinski definition) is 5. The maximum atomic E-state index is 12.6. The van der Waals surface area contributed by atoms with Gasteiger partial charge in [0.2, 0.25) is 5.91 Å². The highest BCUT2D eigenvalue weighted by atomic mass is 16.5. The first-order valence-corrected chi connectivity index (χ1v) is 9.65. The summed E-state index contributed by atoms with van der Waals surface area (Å²) in [6.07, 6.45) is 1.87. The molecule has 3 unspecified atom stereocenters. The lowest BCUT2D eigenvalue weighted by Crippen LogP contribution is -2.44. The molecule has 6 nitrogen and oxygen atoms in total. The predicted octanol–water partition coefficient (Wildman–Crippen LogP) is 2.94. The molecule has 0 saturated carbocycles. The number of rotatable bonds is 9. The summed E-state index contributed by atoms with van der Waals surface area (Å²) in [6, 6.07) is 5.86. The smallest absolute Gasteiger partial charge is 0.239 e. The Kier molecular flexibility index (Phi) is 7.72. The average Bonchev–Trinajstić information content (AvgIpc) is 3.04. The molecule has 26 heavy (non-hydrogen) atoms. The highest BCUT2D eigenvalue weighted by Crippen LogP contribution is 2.30. The SMILES string of the molecule is CCOc1ccc(C(C)NC(=O)C2CC(CC(C)C)NN2)cc1OCC. The number of amides is 1. The Hall–Kier alpha value is -1.79. The predicted molar refractivity (Wildman–Crippen MR) is 103 cm³/mol. The van der Waals surface area contributed by atoms with Gasteiger partial charge in [0, 0.05) is 6.04 Å². The molecule has 1 aliphatic heterocycles. The third kappa shape index (κ3) is 5.61. The molecule has 2 rings (SSSR count). The van der Waals surface area contributed by atoms with Gasteiger partial charge in [0.15, 0.2) is 11.5 Å². The summed E-state index contributed by atoms with van der Waals surface area (Å²) in [4.78, 5) is 12.6. The zero-order valence-electron chi connectivity index (χ0n) is 16.6. The van der Waals surface area contributed by atoms with E-state index < -0.39 is 0 Å². The van der Waals surface area contributed by atoms with E-state index in [1.54, 1.807) is 0 Å². The summed E-state index contributed by atoms with van der Waals surface area (Å²) in [5.41, 5.74) is 7.35. The summed E-state index contributed by atoms with van der Waals surface area (Å²) < 4.78 is 11.3. The van der Waals surface area contributed by atoms with Crippen LogP contribution in [0.25, 0.3) is 0 Å². The Bertz CT molecular complexity index is 592. The van der Waals surface area contributed by atoms with Crippen LogP contribution in [0.15, 0.2) is 18.2 Å². The van der Waals surface area contributed by atoms with Crippen LogP contribution in [0.3, 0.4) is 0 Å². The van der Waals surface area contributed by atoms with Crippen molar-refractivity contribution >= 4 is 5.91 Å². The van der Waals surface area contributed by atoms with E-state index in [9.17, 15) is 4.79 Å². The minimum absolute atomic E-state index is 0.0168. The third-order valence-electron chi connectivity index (χ3n) is 4.48. The molecule has 0 bridgehead atoms. The average molecular weight is 364 g/mol. The zero-order chi connectivity index (χ0) is 19.1. The van der Waals surface area contributed by atoms with Gasteiger partial charge in [-0.3, -0.25) is 10.2 Å². The fourth-order valence-electron chi connectivity index (χ4n) is 3.25. The molecule has 0 spiro atoms. The Balaban J connectivity index is 1.97. The molecule has 3 N–H and O–H groups in total. The van der Waals surface area contributed by atoms with Crippen LogP contribution in [0.2, 0.25) is 0 Å². The fourth-order valence-corrected chi connectivity index (χ4v) is 3.25. The topological polar surface area (TPSA) is 71.6 Å². The number of hydrazine groups is 1. The summed E-state index contributed by atoms with van der Waals surface area (Å²) in [6.45, 7) is 11.4. The Morgan fingerprint density at radius 3 is 2.50 bits per heavy atom. The lowest BCUT2D eigenvalue weighted by atomic mass is 9.99. The monoisotopic (exact) mass is 363 g/mol. The Labute approximate surface area is 157 Å². The maximum absolute atomic E-state index is 12.6. The van der Waals surface area contributed by atoms with Gasteiger partial charge in [0.1, 0.15) is 6.04 Å². The van der Waals surface area contributed by atoms with Gasteiger partial charge < -0.3 is 14.8 Å². The van der Waals surface area contributed by atoms with Crippen LogP contribution in [0.5, 0.6) is 11.5 Å². The van der Waals surface area contributed by atoms with Crippen molar-refractivity contribution in [2.45, 2.75) is 65.6 Å². The van der Waals surface area contributed by atoms with Gasteiger partial charge in [-0.1, -0.05) is 19.9 Å². The molecule has 1 aromatic rings. The van der Waals surface area contributed by atoms with Gasteiger partial charge in [0.05, 0.1) is 19.3 Å². The molecular weight excluding hydrogens is 330 g/mol. The molecule has 0 aliphatic carbocycles. The summed E-state index contributed by atoms with van der Waals surface area (Å²) >= 11 is 0. The van der Waals surface area contributed by atoms with Gasteiger partial charge in [0.25, 0.3) is 0 Å². The Morgan fingerprint density at radius 2 is 1.85 bits per heavy atom. The second-order valence-corrected chi connectivity index (χ2v) is 7.21. The Morgan fingerprint density at radius 1 is 1.15 bits per heavy atom. The van der Waals surface area contributed by atoms with E-state index in [0.717, 1.165) is 24.2 Å². The first-order valence-electron chi connectivity index (χ1n) is 9.65. The summed E-state index contributed by atoms with van der Waals surface area (Å²) in [5, 5.41) is 3.09. The van der Waals surface area contributed by atoms with E-state index in [0.29, 0.717) is 30.9 Å². The first kappa shape index (κ1) is 20.5. The minimum Gasteiger partial charge on any atom is -0.490 e. The molecule has 0 aromatic heterocycles. The molecule has 1 heterocycles. The molecule has 3 atom stereocenters. The number of carbonyl (C=O) groups is 1. The minimum atomic E-state index is -0.199. The lowest BCUT2D eigenvalue weighted by Gasteiger charge is -2.19. The first-order chi connectivity index (χ1) is 12.4. The van der Waals surface area contributed by atoms with Crippen LogP contribution in [0, 0.1) is 5.92 Å². The third-order valence-corrected chi connectivity index (χ3v) is 4.48. The number of nitrogens with one attached hydrogen (secondary N) is 3. The molecular formula is C20H33N3O3. The fraction of sp³-hybridized carbons (Fsp3) is 0.650. The second kappa shape index (κ2) is 9.78. The van der Waals surface area contributed by atoms with E-state index in [1.807, 2.05) is 39.0 Å². The molecule has 1 aromatic carbocycles. The van der Waals surface area contributed by atoms with Crippen molar-refractivity contribution in [2.24, 2.45) is 5.92 Å². The summed E-state index contributed by atoms with van der Waals surface area (Å²) in [7, 11) is 0. The van der Waals surface area contributed by atoms with E-state index in [2.05, 4.69) is 30.0 Å². The van der Waals surface area contributed by atoms with Crippen LogP contribution in [0.4, 0.5) is 0 Å². The molecule has 1 amide bonds. The second-order valence-electron chi connectivity index (χ2n) is 7.21. The van der Waals surface area contributed by atoms with Gasteiger partial charge in [-0.15, -0.1) is 0 Å². The summed E-state index contributed by atoms with van der Waals surface area (Å²) in [5.74, 6) is 2.07. The molecule has 146 valence electrons. The highest BCUT2D eigenvalue weighted by molar-refractivity contribution is 5.82. The molecule has 1 saturated heterocycles. The molecule has 0 radical (unpaired) electrons. The largest absolute Gasteiger partial charge is 0.490 e. The standard InChI is InChI=1S/C20H33N3O3/c1-6-25-18-9-8-15(11-19(18)26-7-2)14(5)21-20(24)17-12-16(22-23-17)10-13(3)4/h8-9,11,13-14,16-17,22-23H,6-7,10,12H2,1-5H3,(H,21,24). The van der Waals surface area contributed by atoms with Crippen LogP contribution >= 0.6 is 0 Å². The zero-order valence-corrected chi connectivity index (χ0v) is 16.6. The van der Waals surface area contributed by atoms with Crippen molar-refractivity contribution in [1.29, 1.82) is 0 Å². The van der Waals surface area contributed by atoms with E-state index >= 15 is 0 Å². The van der Waals surface area contributed by atoms with Gasteiger partial charge in [-0.2, -0.15) is 0 Å². The number of carbonyl (C=O) groups excluding carboxylic acids is 1. The van der Waals surface area contributed by atoms with Crippen molar-refractivity contribution in [1.82, 2.24) is 16.2 Å². The number of ether oxygens (including phenoxy) is 2.